The lowest BCUT2D eigenvalue weighted by Gasteiger charge is -2.09. The Morgan fingerprint density at radius 1 is 0.957 bits per heavy atom. The predicted octanol–water partition coefficient (Wildman–Crippen LogP) is 4.11. The molecule has 3 aromatic rings. The van der Waals surface area contributed by atoms with Gasteiger partial charge in [0.2, 0.25) is 0 Å². The fourth-order valence-corrected chi connectivity index (χ4v) is 2.25. The van der Waals surface area contributed by atoms with Crippen LogP contribution in [0.3, 0.4) is 0 Å². The lowest BCUT2D eigenvalue weighted by molar-refractivity contribution is -0.137. The summed E-state index contributed by atoms with van der Waals surface area (Å²) >= 11 is 0. The number of hydrogen-bond acceptors (Lipinski definition) is 2. The van der Waals surface area contributed by atoms with Gasteiger partial charge in [0.05, 0.1) is 16.5 Å². The molecule has 0 radical (unpaired) electrons. The number of aromatic nitrogens is 2. The van der Waals surface area contributed by atoms with E-state index in [9.17, 15) is 18.0 Å². The summed E-state index contributed by atoms with van der Waals surface area (Å²) in [5.74, 6) is 0.200. The Balaban J connectivity index is 2.03. The van der Waals surface area contributed by atoms with Crippen molar-refractivity contribution in [3.8, 4) is 0 Å². The molecule has 0 atom stereocenters. The summed E-state index contributed by atoms with van der Waals surface area (Å²) in [6.45, 7) is 0. The molecule has 3 rings (SSSR count). The number of para-hydroxylation sites is 1. The van der Waals surface area contributed by atoms with E-state index in [0.29, 0.717) is 10.9 Å². The molecule has 0 spiro atoms. The zero-order valence-corrected chi connectivity index (χ0v) is 11.8. The molecule has 1 aromatic heterocycles. The first kappa shape index (κ1) is 15.0. The van der Waals surface area contributed by atoms with Gasteiger partial charge in [-0.25, -0.2) is 4.98 Å². The Morgan fingerprint density at radius 2 is 1.65 bits per heavy atom. The number of H-pyrrole nitrogens is 1. The van der Waals surface area contributed by atoms with E-state index < -0.39 is 11.7 Å². The van der Waals surface area contributed by atoms with Gasteiger partial charge in [-0.3, -0.25) is 4.79 Å². The van der Waals surface area contributed by atoms with Crippen LogP contribution in [0.25, 0.3) is 23.1 Å². The van der Waals surface area contributed by atoms with Crippen LogP contribution >= 0.6 is 0 Å². The van der Waals surface area contributed by atoms with Crippen molar-refractivity contribution in [1.82, 2.24) is 9.97 Å². The maximum Gasteiger partial charge on any atom is 0.416 e. The summed E-state index contributed by atoms with van der Waals surface area (Å²) in [7, 11) is 0. The number of rotatable bonds is 2. The fraction of sp³-hybridized carbons (Fsp3) is 0.0588. The number of nitrogens with zero attached hydrogens (tertiary/aromatic N) is 1. The van der Waals surface area contributed by atoms with Crippen molar-refractivity contribution in [3.63, 3.8) is 0 Å². The fourth-order valence-electron chi connectivity index (χ4n) is 2.25. The van der Waals surface area contributed by atoms with Crippen molar-refractivity contribution in [1.29, 1.82) is 0 Å². The SMILES string of the molecule is O=c1[nH]c(/C=C/c2ccccc2C(F)(F)F)nc2ccccc12. The van der Waals surface area contributed by atoms with Crippen LogP contribution in [0.2, 0.25) is 0 Å². The molecule has 0 bridgehead atoms. The van der Waals surface area contributed by atoms with Crippen molar-refractivity contribution in [2.75, 3.05) is 0 Å². The minimum atomic E-state index is -4.44. The average molecular weight is 316 g/mol. The van der Waals surface area contributed by atoms with Gasteiger partial charge < -0.3 is 4.98 Å². The summed E-state index contributed by atoms with van der Waals surface area (Å²) in [6.07, 6.45) is -1.79. The first-order valence-corrected chi connectivity index (χ1v) is 6.78. The Hall–Kier alpha value is -2.89. The zero-order valence-electron chi connectivity index (χ0n) is 11.8. The summed E-state index contributed by atoms with van der Waals surface area (Å²) in [5.41, 5.74) is -0.574. The summed E-state index contributed by atoms with van der Waals surface area (Å²) in [5, 5.41) is 0.431. The maximum absolute atomic E-state index is 12.9. The molecule has 0 aliphatic heterocycles. The Labute approximate surface area is 129 Å². The van der Waals surface area contributed by atoms with Crippen LogP contribution in [0.5, 0.6) is 0 Å². The first-order chi connectivity index (χ1) is 10.9. The highest BCUT2D eigenvalue weighted by Crippen LogP contribution is 2.32. The molecule has 0 saturated carbocycles. The van der Waals surface area contributed by atoms with E-state index in [2.05, 4.69) is 9.97 Å². The van der Waals surface area contributed by atoms with Crippen molar-refractivity contribution in [2.45, 2.75) is 6.18 Å². The highest BCUT2D eigenvalue weighted by Gasteiger charge is 2.32. The highest BCUT2D eigenvalue weighted by molar-refractivity contribution is 5.79. The van der Waals surface area contributed by atoms with E-state index in [0.717, 1.165) is 6.07 Å². The normalized spacial score (nSPS) is 12.1. The van der Waals surface area contributed by atoms with Gasteiger partial charge in [0, 0.05) is 0 Å². The molecule has 1 N–H and O–H groups in total. The number of benzene rings is 2. The molecule has 0 aliphatic rings. The van der Waals surface area contributed by atoms with Crippen LogP contribution in [-0.2, 0) is 6.18 Å². The number of nitrogens with one attached hydrogen (secondary N) is 1. The molecule has 2 aromatic carbocycles. The number of hydrogen-bond donors (Lipinski definition) is 1. The average Bonchev–Trinajstić information content (AvgIpc) is 2.52. The van der Waals surface area contributed by atoms with Crippen LogP contribution in [-0.4, -0.2) is 9.97 Å². The van der Waals surface area contributed by atoms with E-state index in [1.807, 2.05) is 0 Å². The second-order valence-electron chi connectivity index (χ2n) is 4.89. The molecule has 0 aliphatic carbocycles. The first-order valence-electron chi connectivity index (χ1n) is 6.78. The maximum atomic E-state index is 12.9. The second kappa shape index (κ2) is 5.72. The molecule has 116 valence electrons. The van der Waals surface area contributed by atoms with Gasteiger partial charge in [-0.15, -0.1) is 0 Å². The number of halogens is 3. The number of aromatic amines is 1. The van der Waals surface area contributed by atoms with E-state index in [1.165, 1.54) is 30.4 Å². The van der Waals surface area contributed by atoms with E-state index >= 15 is 0 Å². The lowest BCUT2D eigenvalue weighted by atomic mass is 10.1. The van der Waals surface area contributed by atoms with Gasteiger partial charge in [-0.2, -0.15) is 13.2 Å². The van der Waals surface area contributed by atoms with E-state index in [4.69, 9.17) is 0 Å². The van der Waals surface area contributed by atoms with Crippen molar-refractivity contribution >= 4 is 23.1 Å². The third-order valence-corrected chi connectivity index (χ3v) is 3.32. The molecule has 0 amide bonds. The van der Waals surface area contributed by atoms with Gasteiger partial charge in [0.25, 0.3) is 5.56 Å². The molecule has 6 heteroatoms. The molecule has 0 saturated heterocycles. The smallest absolute Gasteiger partial charge is 0.306 e. The Morgan fingerprint density at radius 3 is 2.43 bits per heavy atom. The van der Waals surface area contributed by atoms with E-state index in [1.54, 1.807) is 24.3 Å². The van der Waals surface area contributed by atoms with Gasteiger partial charge in [0.1, 0.15) is 5.82 Å². The minimum Gasteiger partial charge on any atom is -0.306 e. The predicted molar refractivity (Wildman–Crippen MR) is 82.7 cm³/mol. The monoisotopic (exact) mass is 316 g/mol. The zero-order chi connectivity index (χ0) is 16.4. The largest absolute Gasteiger partial charge is 0.416 e. The number of alkyl halides is 3. The summed E-state index contributed by atoms with van der Waals surface area (Å²) in [6, 6.07) is 12.0. The summed E-state index contributed by atoms with van der Waals surface area (Å²) in [4.78, 5) is 18.7. The van der Waals surface area contributed by atoms with Crippen molar-refractivity contribution in [3.05, 3.63) is 75.8 Å². The van der Waals surface area contributed by atoms with Crippen LogP contribution < -0.4 is 5.56 Å². The van der Waals surface area contributed by atoms with Gasteiger partial charge in [0.15, 0.2) is 0 Å². The van der Waals surface area contributed by atoms with Gasteiger partial charge in [-0.05, 0) is 29.8 Å². The Bertz CT molecular complexity index is 942. The Kier molecular flexibility index (Phi) is 3.73. The third-order valence-electron chi connectivity index (χ3n) is 3.32. The quantitative estimate of drug-likeness (QED) is 0.773. The summed E-state index contributed by atoms with van der Waals surface area (Å²) < 4.78 is 38.8. The van der Waals surface area contributed by atoms with Crippen molar-refractivity contribution < 1.29 is 13.2 Å². The lowest BCUT2D eigenvalue weighted by Crippen LogP contribution is -2.09. The van der Waals surface area contributed by atoms with Gasteiger partial charge >= 0.3 is 6.18 Å². The van der Waals surface area contributed by atoms with Crippen LogP contribution in [0, 0.1) is 0 Å². The van der Waals surface area contributed by atoms with Gasteiger partial charge in [-0.1, -0.05) is 36.4 Å². The third kappa shape index (κ3) is 3.15. The van der Waals surface area contributed by atoms with Crippen LogP contribution in [0.15, 0.2) is 53.3 Å². The molecule has 3 nitrogen and oxygen atoms in total. The van der Waals surface area contributed by atoms with E-state index in [-0.39, 0.29) is 16.9 Å². The highest BCUT2D eigenvalue weighted by atomic mass is 19.4. The molecular formula is C17H11F3N2O. The topological polar surface area (TPSA) is 45.8 Å². The van der Waals surface area contributed by atoms with Crippen LogP contribution in [0.1, 0.15) is 17.0 Å². The second-order valence-corrected chi connectivity index (χ2v) is 4.89. The number of fused-ring (bicyclic) bond motifs is 1. The standard InChI is InChI=1S/C17H11F3N2O/c18-17(19,20)13-7-3-1-5-11(13)9-10-15-21-14-8-4-2-6-12(14)16(23)22-15/h1-10H,(H,21,22,23)/b10-9+. The molecule has 0 fully saturated rings. The molecular weight excluding hydrogens is 305 g/mol. The minimum absolute atomic E-state index is 0.0100. The molecule has 0 unspecified atom stereocenters. The van der Waals surface area contributed by atoms with Crippen LogP contribution in [0.4, 0.5) is 13.2 Å². The van der Waals surface area contributed by atoms with Crippen molar-refractivity contribution in [2.24, 2.45) is 0 Å². The molecule has 23 heavy (non-hydrogen) atoms. The molecule has 1 heterocycles.